The van der Waals surface area contributed by atoms with Crippen molar-refractivity contribution in [2.24, 2.45) is 9.98 Å². The highest BCUT2D eigenvalue weighted by molar-refractivity contribution is 6.16. The van der Waals surface area contributed by atoms with Gasteiger partial charge in [-0.15, -0.1) is 0 Å². The molecule has 1 aliphatic heterocycles. The summed E-state index contributed by atoms with van der Waals surface area (Å²) in [7, 11) is 0. The van der Waals surface area contributed by atoms with Gasteiger partial charge in [-0.25, -0.2) is 9.98 Å². The highest BCUT2D eigenvalue weighted by Gasteiger charge is 2.41. The minimum Gasteiger partial charge on any atom is -0.324 e. The maximum absolute atomic E-state index is 14.4. The molecule has 6 aromatic rings. The third kappa shape index (κ3) is 7.76. The molecule has 1 aromatic heterocycles. The molecule has 1 aliphatic carbocycles. The van der Waals surface area contributed by atoms with Crippen LogP contribution in [0.2, 0.25) is 0 Å². The fraction of sp³-hybridized carbons (Fsp3) is 0.224. The second kappa shape index (κ2) is 14.3. The maximum atomic E-state index is 14.4. The van der Waals surface area contributed by atoms with E-state index < -0.39 is 29.9 Å². The summed E-state index contributed by atoms with van der Waals surface area (Å²) in [5.41, 5.74) is 2.86. The minimum absolute atomic E-state index is 0.143. The van der Waals surface area contributed by atoms with Crippen molar-refractivity contribution in [2.45, 2.75) is 71.1 Å². The third-order valence-corrected chi connectivity index (χ3v) is 10.8. The molecule has 0 saturated carbocycles. The Kier molecular flexibility index (Phi) is 9.60. The van der Waals surface area contributed by atoms with Crippen LogP contribution in [0.25, 0.3) is 38.9 Å². The normalized spacial score (nSPS) is 17.4. The Morgan fingerprint density at radius 1 is 0.559 bits per heavy atom. The van der Waals surface area contributed by atoms with Crippen LogP contribution in [0.5, 0.6) is 0 Å². The minimum atomic E-state index is -5.03. The van der Waals surface area contributed by atoms with Crippen LogP contribution in [0.3, 0.4) is 0 Å². The number of nitrogens with zero attached hydrogens (tertiary/aromatic N) is 3. The summed E-state index contributed by atoms with van der Waals surface area (Å²) in [6, 6.07) is 36.5. The lowest BCUT2D eigenvalue weighted by Gasteiger charge is -2.22. The number of aliphatic imine (C=N–C) groups is 2. The Hall–Kier alpha value is -6.16. The van der Waals surface area contributed by atoms with Crippen molar-refractivity contribution < 1.29 is 26.3 Å². The van der Waals surface area contributed by atoms with E-state index in [2.05, 4.69) is 87.8 Å². The number of nitrogens with one attached hydrogen (secondary N) is 1. The van der Waals surface area contributed by atoms with E-state index in [1.165, 1.54) is 0 Å². The molecule has 0 saturated heterocycles. The first kappa shape index (κ1) is 39.7. The molecule has 2 heterocycles. The van der Waals surface area contributed by atoms with Gasteiger partial charge in [0.1, 0.15) is 11.7 Å². The highest BCUT2D eigenvalue weighted by atomic mass is 19.4. The van der Waals surface area contributed by atoms with E-state index in [1.54, 1.807) is 12.1 Å². The number of fused-ring (bicyclic) bond motifs is 3. The maximum Gasteiger partial charge on any atom is 0.416 e. The molecule has 2 aliphatic rings. The Labute approximate surface area is 338 Å². The van der Waals surface area contributed by atoms with Crippen LogP contribution in [0.15, 0.2) is 149 Å². The number of hydrogen-bond acceptors (Lipinski definition) is 3. The summed E-state index contributed by atoms with van der Waals surface area (Å²) in [4.78, 5) is 9.81. The number of aromatic nitrogens is 1. The molecule has 300 valence electrons. The molecule has 1 N–H and O–H groups in total. The molecule has 10 heteroatoms. The Morgan fingerprint density at radius 2 is 1.12 bits per heavy atom. The van der Waals surface area contributed by atoms with Crippen molar-refractivity contribution in [3.63, 3.8) is 0 Å². The first-order valence-electron chi connectivity index (χ1n) is 19.3. The molecule has 0 fully saturated rings. The van der Waals surface area contributed by atoms with Gasteiger partial charge >= 0.3 is 12.4 Å². The molecule has 0 amide bonds. The quantitative estimate of drug-likeness (QED) is 0.178. The Bertz CT molecular complexity index is 2820. The summed E-state index contributed by atoms with van der Waals surface area (Å²) in [6.45, 7) is 12.8. The number of halogens is 6. The topological polar surface area (TPSA) is 41.7 Å². The number of alkyl halides is 6. The van der Waals surface area contributed by atoms with E-state index in [0.29, 0.717) is 33.7 Å². The smallest absolute Gasteiger partial charge is 0.324 e. The van der Waals surface area contributed by atoms with Gasteiger partial charge in [0.25, 0.3) is 0 Å². The van der Waals surface area contributed by atoms with Crippen LogP contribution in [-0.2, 0) is 10.8 Å². The van der Waals surface area contributed by atoms with Gasteiger partial charge < -0.3 is 9.88 Å². The first-order valence-corrected chi connectivity index (χ1v) is 19.3. The molecule has 0 bridgehead atoms. The molecule has 0 unspecified atom stereocenters. The van der Waals surface area contributed by atoms with Gasteiger partial charge in [-0.05, 0) is 69.2 Å². The Morgan fingerprint density at radius 3 is 1.64 bits per heavy atom. The third-order valence-electron chi connectivity index (χ3n) is 10.8. The van der Waals surface area contributed by atoms with Crippen molar-refractivity contribution in [3.8, 4) is 5.69 Å². The lowest BCUT2D eigenvalue weighted by atomic mass is 9.86. The largest absolute Gasteiger partial charge is 0.416 e. The number of benzene rings is 5. The second-order valence-corrected chi connectivity index (χ2v) is 17.1. The van der Waals surface area contributed by atoms with Crippen LogP contribution in [-0.4, -0.2) is 28.6 Å². The van der Waals surface area contributed by atoms with Crippen LogP contribution < -0.4 is 15.8 Å². The molecule has 0 radical (unpaired) electrons. The molecule has 4 nitrogen and oxygen atoms in total. The average molecular weight is 801 g/mol. The van der Waals surface area contributed by atoms with E-state index >= 15 is 0 Å². The molecule has 0 spiro atoms. The summed E-state index contributed by atoms with van der Waals surface area (Å²) >= 11 is 0. The fourth-order valence-corrected chi connectivity index (χ4v) is 7.60. The van der Waals surface area contributed by atoms with Crippen LogP contribution in [0.1, 0.15) is 70.2 Å². The monoisotopic (exact) mass is 800 g/mol. The van der Waals surface area contributed by atoms with Crippen molar-refractivity contribution in [1.29, 1.82) is 0 Å². The lowest BCUT2D eigenvalue weighted by Crippen LogP contribution is -2.38. The van der Waals surface area contributed by atoms with Crippen LogP contribution in [0, 0.1) is 0 Å². The van der Waals surface area contributed by atoms with Crippen molar-refractivity contribution >= 4 is 44.9 Å². The van der Waals surface area contributed by atoms with E-state index in [0.717, 1.165) is 39.0 Å². The van der Waals surface area contributed by atoms with Gasteiger partial charge in [-0.1, -0.05) is 133 Å². The van der Waals surface area contributed by atoms with Crippen LogP contribution >= 0.6 is 0 Å². The zero-order valence-corrected chi connectivity index (χ0v) is 33.4. The molecule has 59 heavy (non-hydrogen) atoms. The number of hydrogen-bond donors (Lipinski definition) is 1. The van der Waals surface area contributed by atoms with Crippen LogP contribution in [0.4, 0.5) is 26.3 Å². The standard InChI is InChI=1S/C49H42F6N4/c1-46(2,3)32-17-20-38-39-21-18-33(47(4,5)6)27-42(39)59(41(38)26-32)36-19-22-37(31-23-34(48(50,51)52)25-35(24-31)49(53,54)55)40(28-36)45-57-43(29-13-9-7-10-14-29)56-44(58-45)30-15-11-8-12-16-30/h7-23,25-28H,24H2,1-6H3,(H,56,57,58). The van der Waals surface area contributed by atoms with E-state index in [-0.39, 0.29) is 33.5 Å². The second-order valence-electron chi connectivity index (χ2n) is 17.1. The molecule has 0 atom stereocenters. The lowest BCUT2D eigenvalue weighted by molar-refractivity contribution is -0.0970. The zero-order valence-electron chi connectivity index (χ0n) is 33.4. The van der Waals surface area contributed by atoms with Crippen molar-refractivity contribution in [1.82, 2.24) is 9.88 Å². The van der Waals surface area contributed by atoms with Crippen molar-refractivity contribution in [3.05, 3.63) is 171 Å². The molecule has 8 rings (SSSR count). The predicted molar refractivity (Wildman–Crippen MR) is 226 cm³/mol. The summed E-state index contributed by atoms with van der Waals surface area (Å²) in [5.74, 6) is 0.967. The number of amidine groups is 2. The molecular formula is C49H42F6N4. The highest BCUT2D eigenvalue weighted by Crippen LogP contribution is 2.41. The number of rotatable bonds is 3. The average Bonchev–Trinajstić information content (AvgIpc) is 3.53. The summed E-state index contributed by atoms with van der Waals surface area (Å²) < 4.78 is 88.3. The van der Waals surface area contributed by atoms with E-state index in [9.17, 15) is 26.3 Å². The van der Waals surface area contributed by atoms with Gasteiger partial charge in [-0.2, -0.15) is 26.3 Å². The van der Waals surface area contributed by atoms with Gasteiger partial charge in [0, 0.05) is 44.8 Å². The SMILES string of the molecule is CC(C)(C)c1ccc2c3ccc(C(C)(C)C)cc3n(-c3ccc(=C4C=C(C(F)(F)F)C=C(C(F)(F)F)C4)c(=C4N=C(c5ccccc5)N=C(c5ccccc5)N4)c3)c2c1. The van der Waals surface area contributed by atoms with Crippen molar-refractivity contribution in [2.75, 3.05) is 0 Å². The van der Waals surface area contributed by atoms with E-state index in [1.807, 2.05) is 66.7 Å². The van der Waals surface area contributed by atoms with Gasteiger partial charge in [0.05, 0.1) is 16.6 Å². The summed E-state index contributed by atoms with van der Waals surface area (Å²) in [6.07, 6.45) is -9.76. The molecular weight excluding hydrogens is 759 g/mol. The number of allylic oxidation sites excluding steroid dienone is 4. The fourth-order valence-electron chi connectivity index (χ4n) is 7.60. The van der Waals surface area contributed by atoms with E-state index in [4.69, 9.17) is 9.98 Å². The van der Waals surface area contributed by atoms with Gasteiger partial charge in [0.15, 0.2) is 5.84 Å². The van der Waals surface area contributed by atoms with Gasteiger partial charge in [0.2, 0.25) is 0 Å². The predicted octanol–water partition coefficient (Wildman–Crippen LogP) is 11.5. The van der Waals surface area contributed by atoms with Gasteiger partial charge in [-0.3, -0.25) is 0 Å². The summed E-state index contributed by atoms with van der Waals surface area (Å²) in [5, 5.41) is 5.82. The first-order chi connectivity index (χ1) is 27.8. The molecule has 5 aromatic carbocycles. The Balaban J connectivity index is 1.52. The zero-order chi connectivity index (χ0) is 42.1.